The van der Waals surface area contributed by atoms with Crippen molar-refractivity contribution in [2.24, 2.45) is 5.92 Å². The first kappa shape index (κ1) is 11.9. The van der Waals surface area contributed by atoms with Crippen molar-refractivity contribution in [1.29, 1.82) is 5.26 Å². The minimum atomic E-state index is -0.427. The Hall–Kier alpha value is -0.590. The van der Waals surface area contributed by atoms with Crippen molar-refractivity contribution in [2.45, 2.75) is 63.6 Å². The third kappa shape index (κ3) is 2.56. The van der Waals surface area contributed by atoms with E-state index in [4.69, 9.17) is 4.74 Å². The second kappa shape index (κ2) is 4.73. The fraction of sp³-hybridized carbons (Fsp3) is 0.923. The molecule has 0 aliphatic heterocycles. The Balaban J connectivity index is 1.92. The maximum absolute atomic E-state index is 9.45. The van der Waals surface area contributed by atoms with Gasteiger partial charge in [0.15, 0.2) is 0 Å². The molecule has 0 bridgehead atoms. The van der Waals surface area contributed by atoms with Gasteiger partial charge < -0.3 is 4.74 Å². The summed E-state index contributed by atoms with van der Waals surface area (Å²) in [6.45, 7) is 4.76. The van der Waals surface area contributed by atoms with Crippen molar-refractivity contribution in [3.63, 3.8) is 0 Å². The van der Waals surface area contributed by atoms with E-state index in [-0.39, 0.29) is 0 Å². The molecule has 3 heteroatoms. The summed E-state index contributed by atoms with van der Waals surface area (Å²) in [6, 6.07) is 2.81. The fourth-order valence-electron chi connectivity index (χ4n) is 2.31. The summed E-state index contributed by atoms with van der Waals surface area (Å²) >= 11 is 0. The maximum atomic E-state index is 9.45. The Labute approximate surface area is 98.2 Å². The summed E-state index contributed by atoms with van der Waals surface area (Å²) in [5.41, 5.74) is -0.427. The third-order valence-corrected chi connectivity index (χ3v) is 3.62. The maximum Gasteiger partial charge on any atom is 0.133 e. The molecule has 2 aliphatic rings. The van der Waals surface area contributed by atoms with E-state index in [2.05, 4.69) is 25.2 Å². The van der Waals surface area contributed by atoms with Gasteiger partial charge in [0.25, 0.3) is 0 Å². The molecule has 2 rings (SSSR count). The zero-order chi connectivity index (χ0) is 11.6. The van der Waals surface area contributed by atoms with Gasteiger partial charge in [-0.3, -0.25) is 5.32 Å². The summed E-state index contributed by atoms with van der Waals surface area (Å²) in [5, 5.41) is 12.9. The number of rotatable bonds is 6. The van der Waals surface area contributed by atoms with Crippen LogP contribution in [0.15, 0.2) is 0 Å². The van der Waals surface area contributed by atoms with Crippen LogP contribution in [0.4, 0.5) is 0 Å². The Kier molecular flexibility index (Phi) is 3.51. The number of hydrogen-bond acceptors (Lipinski definition) is 3. The number of hydrogen-bond donors (Lipinski definition) is 1. The molecule has 1 atom stereocenters. The average Bonchev–Trinajstić information content (AvgIpc) is 2.96. The van der Waals surface area contributed by atoms with Crippen LogP contribution >= 0.6 is 0 Å². The lowest BCUT2D eigenvalue weighted by molar-refractivity contribution is -0.0249. The monoisotopic (exact) mass is 222 g/mol. The van der Waals surface area contributed by atoms with Crippen LogP contribution in [0, 0.1) is 17.2 Å². The van der Waals surface area contributed by atoms with Gasteiger partial charge in [-0.05, 0) is 51.9 Å². The predicted octanol–water partition coefficient (Wildman–Crippen LogP) is 2.23. The van der Waals surface area contributed by atoms with Gasteiger partial charge in [0.2, 0.25) is 0 Å². The standard InChI is InChI=1S/C13H22N2O/c1-10(2)15-13(8-14,11-6-7-11)9-16-12-4-3-5-12/h10-12,15H,3-7,9H2,1-2H3. The molecule has 0 aromatic heterocycles. The van der Waals surface area contributed by atoms with Crippen LogP contribution in [-0.4, -0.2) is 24.3 Å². The molecule has 2 fully saturated rings. The van der Waals surface area contributed by atoms with Crippen LogP contribution in [0.2, 0.25) is 0 Å². The van der Waals surface area contributed by atoms with Crippen molar-refractivity contribution in [2.75, 3.05) is 6.61 Å². The number of nitrogens with zero attached hydrogens (tertiary/aromatic N) is 1. The molecule has 0 aromatic carbocycles. The van der Waals surface area contributed by atoms with Crippen molar-refractivity contribution >= 4 is 0 Å². The van der Waals surface area contributed by atoms with Gasteiger partial charge in [-0.15, -0.1) is 0 Å². The number of nitriles is 1. The van der Waals surface area contributed by atoms with Crippen LogP contribution in [0.25, 0.3) is 0 Å². The summed E-state index contributed by atoms with van der Waals surface area (Å²) in [4.78, 5) is 0. The Bertz CT molecular complexity index is 276. The highest BCUT2D eigenvalue weighted by Crippen LogP contribution is 2.40. The molecule has 0 amide bonds. The molecule has 3 nitrogen and oxygen atoms in total. The van der Waals surface area contributed by atoms with E-state index in [1.807, 2.05) is 0 Å². The van der Waals surface area contributed by atoms with Crippen LogP contribution in [0.3, 0.4) is 0 Å². The van der Waals surface area contributed by atoms with Crippen molar-refractivity contribution in [3.8, 4) is 6.07 Å². The van der Waals surface area contributed by atoms with E-state index < -0.39 is 5.54 Å². The lowest BCUT2D eigenvalue weighted by Gasteiger charge is -2.34. The van der Waals surface area contributed by atoms with Gasteiger partial charge in [-0.25, -0.2) is 0 Å². The molecule has 2 aliphatic carbocycles. The lowest BCUT2D eigenvalue weighted by Crippen LogP contribution is -2.53. The van der Waals surface area contributed by atoms with E-state index >= 15 is 0 Å². The molecule has 1 N–H and O–H groups in total. The quantitative estimate of drug-likeness (QED) is 0.749. The topological polar surface area (TPSA) is 45.0 Å². The Morgan fingerprint density at radius 2 is 2.06 bits per heavy atom. The van der Waals surface area contributed by atoms with Gasteiger partial charge >= 0.3 is 0 Å². The highest BCUT2D eigenvalue weighted by atomic mass is 16.5. The minimum Gasteiger partial charge on any atom is -0.375 e. The predicted molar refractivity (Wildman–Crippen MR) is 62.9 cm³/mol. The molecule has 2 saturated carbocycles. The summed E-state index contributed by atoms with van der Waals surface area (Å²) in [7, 11) is 0. The molecule has 0 spiro atoms. The van der Waals surface area contributed by atoms with E-state index in [1.165, 1.54) is 32.1 Å². The normalized spacial score (nSPS) is 24.9. The minimum absolute atomic E-state index is 0.338. The van der Waals surface area contributed by atoms with Crippen molar-refractivity contribution in [3.05, 3.63) is 0 Å². The molecule has 1 unspecified atom stereocenters. The zero-order valence-corrected chi connectivity index (χ0v) is 10.3. The van der Waals surface area contributed by atoms with E-state index in [0.29, 0.717) is 24.7 Å². The summed E-state index contributed by atoms with van der Waals surface area (Å²) < 4.78 is 5.85. The van der Waals surface area contributed by atoms with Crippen LogP contribution in [-0.2, 0) is 4.74 Å². The van der Waals surface area contributed by atoms with Gasteiger partial charge in [0, 0.05) is 6.04 Å². The van der Waals surface area contributed by atoms with Gasteiger partial charge in [-0.2, -0.15) is 5.26 Å². The van der Waals surface area contributed by atoms with E-state index in [9.17, 15) is 5.26 Å². The highest BCUT2D eigenvalue weighted by Gasteiger charge is 2.46. The first-order valence-corrected chi connectivity index (χ1v) is 6.47. The Morgan fingerprint density at radius 3 is 2.44 bits per heavy atom. The largest absolute Gasteiger partial charge is 0.375 e. The first-order valence-electron chi connectivity index (χ1n) is 6.47. The number of ether oxygens (including phenoxy) is 1. The Morgan fingerprint density at radius 1 is 1.38 bits per heavy atom. The smallest absolute Gasteiger partial charge is 0.133 e. The van der Waals surface area contributed by atoms with E-state index in [1.54, 1.807) is 0 Å². The van der Waals surface area contributed by atoms with Crippen LogP contribution in [0.5, 0.6) is 0 Å². The van der Waals surface area contributed by atoms with Gasteiger partial charge in [-0.1, -0.05) is 0 Å². The number of nitrogens with one attached hydrogen (secondary N) is 1. The second-order valence-electron chi connectivity index (χ2n) is 5.52. The molecular formula is C13H22N2O. The zero-order valence-electron chi connectivity index (χ0n) is 10.3. The van der Waals surface area contributed by atoms with Crippen molar-refractivity contribution < 1.29 is 4.74 Å². The fourth-order valence-corrected chi connectivity index (χ4v) is 2.31. The molecule has 0 radical (unpaired) electrons. The second-order valence-corrected chi connectivity index (χ2v) is 5.52. The average molecular weight is 222 g/mol. The molecule has 90 valence electrons. The summed E-state index contributed by atoms with van der Waals surface area (Å²) in [6.07, 6.45) is 6.38. The van der Waals surface area contributed by atoms with Gasteiger partial charge in [0.05, 0.1) is 18.8 Å². The SMILES string of the molecule is CC(C)NC(C#N)(COC1CCC1)C1CC1. The van der Waals surface area contributed by atoms with Crippen LogP contribution < -0.4 is 5.32 Å². The molecular weight excluding hydrogens is 200 g/mol. The van der Waals surface area contributed by atoms with Gasteiger partial charge in [0.1, 0.15) is 5.54 Å². The van der Waals surface area contributed by atoms with Crippen molar-refractivity contribution in [1.82, 2.24) is 5.32 Å². The summed E-state index contributed by atoms with van der Waals surface area (Å²) in [5.74, 6) is 0.500. The molecule has 16 heavy (non-hydrogen) atoms. The van der Waals surface area contributed by atoms with E-state index in [0.717, 1.165) is 0 Å². The molecule has 0 saturated heterocycles. The van der Waals surface area contributed by atoms with Crippen LogP contribution in [0.1, 0.15) is 46.0 Å². The third-order valence-electron chi connectivity index (χ3n) is 3.62. The highest BCUT2D eigenvalue weighted by molar-refractivity contribution is 5.16. The lowest BCUT2D eigenvalue weighted by atomic mass is 9.93. The first-order chi connectivity index (χ1) is 7.66. The molecule has 0 heterocycles. The molecule has 0 aromatic rings.